The van der Waals surface area contributed by atoms with Crippen LogP contribution < -0.4 is 5.32 Å². The van der Waals surface area contributed by atoms with E-state index in [-0.39, 0.29) is 6.10 Å². The van der Waals surface area contributed by atoms with Crippen LogP contribution in [0.3, 0.4) is 0 Å². The molecule has 2 heteroatoms. The van der Waals surface area contributed by atoms with Crippen LogP contribution in [0.2, 0.25) is 0 Å². The van der Waals surface area contributed by atoms with Crippen LogP contribution in [0.1, 0.15) is 62.1 Å². The van der Waals surface area contributed by atoms with Crippen LogP contribution >= 0.6 is 0 Å². The Bertz CT molecular complexity index is 425. The maximum Gasteiger partial charge on any atom is 0.0667 e. The molecule has 0 radical (unpaired) electrons. The fraction of sp³-hybridized carbons (Fsp3) is 0.667. The number of benzene rings is 1. The molecule has 1 aromatic rings. The topological polar surface area (TPSA) is 32.3 Å². The quantitative estimate of drug-likeness (QED) is 0.859. The lowest BCUT2D eigenvalue weighted by Crippen LogP contribution is -2.33. The number of nitrogens with one attached hydrogen (secondary N) is 1. The Hall–Kier alpha value is -0.860. The minimum atomic E-state index is -0.174. The predicted octanol–water partition coefficient (Wildman–Crippen LogP) is 3.59. The number of fused-ring (bicyclic) bond motifs is 1. The highest BCUT2D eigenvalue weighted by atomic mass is 16.3. The Balaban J connectivity index is 1.51. The monoisotopic (exact) mass is 273 g/mol. The second kappa shape index (κ2) is 6.73. The van der Waals surface area contributed by atoms with Crippen LogP contribution in [0.4, 0.5) is 0 Å². The minimum absolute atomic E-state index is 0.174. The van der Waals surface area contributed by atoms with E-state index in [0.29, 0.717) is 6.04 Å². The smallest absolute Gasteiger partial charge is 0.0667 e. The fourth-order valence-electron chi connectivity index (χ4n) is 3.96. The molecule has 2 unspecified atom stereocenters. The van der Waals surface area contributed by atoms with Crippen LogP contribution in [0.25, 0.3) is 0 Å². The standard InChI is InChI=1S/C18H27NO/c20-16(12-14-6-1-2-7-14)13-19-18-11-5-9-15-8-3-4-10-17(15)18/h3-4,8,10,14,16,18-20H,1-2,5-7,9,11-13H2. The molecule has 0 saturated heterocycles. The van der Waals surface area contributed by atoms with E-state index < -0.39 is 0 Å². The highest BCUT2D eigenvalue weighted by Crippen LogP contribution is 2.30. The zero-order valence-corrected chi connectivity index (χ0v) is 12.4. The van der Waals surface area contributed by atoms with Gasteiger partial charge in [-0.25, -0.2) is 0 Å². The molecule has 1 aromatic carbocycles. The molecule has 1 saturated carbocycles. The molecule has 20 heavy (non-hydrogen) atoms. The largest absolute Gasteiger partial charge is 0.392 e. The zero-order valence-electron chi connectivity index (χ0n) is 12.4. The lowest BCUT2D eigenvalue weighted by molar-refractivity contribution is 0.136. The number of aliphatic hydroxyl groups excluding tert-OH is 1. The van der Waals surface area contributed by atoms with Gasteiger partial charge in [0, 0.05) is 12.6 Å². The van der Waals surface area contributed by atoms with Gasteiger partial charge < -0.3 is 10.4 Å². The lowest BCUT2D eigenvalue weighted by Gasteiger charge is -2.28. The highest BCUT2D eigenvalue weighted by molar-refractivity contribution is 5.32. The maximum atomic E-state index is 10.2. The van der Waals surface area contributed by atoms with Crippen LogP contribution in [0.15, 0.2) is 24.3 Å². The van der Waals surface area contributed by atoms with Gasteiger partial charge in [-0.15, -0.1) is 0 Å². The average Bonchev–Trinajstić information content (AvgIpc) is 2.98. The van der Waals surface area contributed by atoms with Crippen molar-refractivity contribution in [3.63, 3.8) is 0 Å². The predicted molar refractivity (Wildman–Crippen MR) is 82.7 cm³/mol. The summed E-state index contributed by atoms with van der Waals surface area (Å²) in [6, 6.07) is 9.20. The van der Waals surface area contributed by atoms with Gasteiger partial charge in [-0.3, -0.25) is 0 Å². The molecule has 0 heterocycles. The summed E-state index contributed by atoms with van der Waals surface area (Å²) in [6.45, 7) is 0.746. The molecule has 2 aliphatic rings. The van der Waals surface area contributed by atoms with Crippen molar-refractivity contribution in [3.8, 4) is 0 Å². The first-order valence-corrected chi connectivity index (χ1v) is 8.32. The second-order valence-corrected chi connectivity index (χ2v) is 6.59. The van der Waals surface area contributed by atoms with Crippen molar-refractivity contribution >= 4 is 0 Å². The number of hydrogen-bond donors (Lipinski definition) is 2. The van der Waals surface area contributed by atoms with E-state index in [9.17, 15) is 5.11 Å². The number of aliphatic hydroxyl groups is 1. The highest BCUT2D eigenvalue weighted by Gasteiger charge is 2.22. The van der Waals surface area contributed by atoms with Crippen molar-refractivity contribution in [3.05, 3.63) is 35.4 Å². The summed E-state index contributed by atoms with van der Waals surface area (Å²) >= 11 is 0. The lowest BCUT2D eigenvalue weighted by atomic mass is 9.87. The molecule has 3 rings (SSSR count). The summed E-state index contributed by atoms with van der Waals surface area (Å²) in [5, 5.41) is 13.8. The van der Waals surface area contributed by atoms with Crippen LogP contribution in [-0.2, 0) is 6.42 Å². The number of aryl methyl sites for hydroxylation is 1. The molecule has 2 N–H and O–H groups in total. The molecule has 0 aliphatic heterocycles. The molecule has 0 amide bonds. The van der Waals surface area contributed by atoms with Gasteiger partial charge in [0.25, 0.3) is 0 Å². The van der Waals surface area contributed by atoms with Crippen LogP contribution in [0, 0.1) is 5.92 Å². The molecule has 2 aliphatic carbocycles. The third kappa shape index (κ3) is 3.42. The molecule has 1 fully saturated rings. The molecule has 2 atom stereocenters. The van der Waals surface area contributed by atoms with Crippen molar-refractivity contribution in [1.82, 2.24) is 5.32 Å². The van der Waals surface area contributed by atoms with Crippen molar-refractivity contribution < 1.29 is 5.11 Å². The van der Waals surface area contributed by atoms with E-state index >= 15 is 0 Å². The third-order valence-electron chi connectivity index (χ3n) is 5.05. The Labute approximate surface area is 122 Å². The average molecular weight is 273 g/mol. The maximum absolute atomic E-state index is 10.2. The summed E-state index contributed by atoms with van der Waals surface area (Å²) in [6.07, 6.45) is 9.85. The molecule has 110 valence electrons. The van der Waals surface area contributed by atoms with E-state index in [4.69, 9.17) is 0 Å². The normalized spacial score (nSPS) is 24.6. The first kappa shape index (κ1) is 14.1. The summed E-state index contributed by atoms with van der Waals surface area (Å²) in [5.41, 5.74) is 2.94. The Morgan fingerprint density at radius 3 is 2.75 bits per heavy atom. The minimum Gasteiger partial charge on any atom is -0.392 e. The van der Waals surface area contributed by atoms with E-state index in [1.54, 1.807) is 0 Å². The van der Waals surface area contributed by atoms with Gasteiger partial charge in [-0.05, 0) is 42.7 Å². The summed E-state index contributed by atoms with van der Waals surface area (Å²) in [5.74, 6) is 0.769. The van der Waals surface area contributed by atoms with Gasteiger partial charge in [-0.1, -0.05) is 49.9 Å². The van der Waals surface area contributed by atoms with E-state index in [2.05, 4.69) is 29.6 Å². The summed E-state index contributed by atoms with van der Waals surface area (Å²) in [4.78, 5) is 0. The van der Waals surface area contributed by atoms with Crippen molar-refractivity contribution in [2.45, 2.75) is 63.5 Å². The van der Waals surface area contributed by atoms with E-state index in [1.165, 1.54) is 56.1 Å². The van der Waals surface area contributed by atoms with Gasteiger partial charge in [0.05, 0.1) is 6.10 Å². The summed E-state index contributed by atoms with van der Waals surface area (Å²) < 4.78 is 0. The van der Waals surface area contributed by atoms with E-state index in [0.717, 1.165) is 18.9 Å². The van der Waals surface area contributed by atoms with Gasteiger partial charge >= 0.3 is 0 Å². The van der Waals surface area contributed by atoms with Gasteiger partial charge in [0.2, 0.25) is 0 Å². The first-order valence-electron chi connectivity index (χ1n) is 8.32. The van der Waals surface area contributed by atoms with Gasteiger partial charge in [0.15, 0.2) is 0 Å². The molecule has 0 spiro atoms. The zero-order chi connectivity index (χ0) is 13.8. The number of hydrogen-bond acceptors (Lipinski definition) is 2. The number of rotatable bonds is 5. The SMILES string of the molecule is OC(CNC1CCCc2ccccc21)CC1CCCC1. The van der Waals surface area contributed by atoms with E-state index in [1.807, 2.05) is 0 Å². The Morgan fingerprint density at radius 2 is 1.90 bits per heavy atom. The molecular weight excluding hydrogens is 246 g/mol. The van der Waals surface area contributed by atoms with Gasteiger partial charge in [-0.2, -0.15) is 0 Å². The summed E-state index contributed by atoms with van der Waals surface area (Å²) in [7, 11) is 0. The van der Waals surface area contributed by atoms with Crippen molar-refractivity contribution in [2.24, 2.45) is 5.92 Å². The third-order valence-corrected chi connectivity index (χ3v) is 5.05. The second-order valence-electron chi connectivity index (χ2n) is 6.59. The Kier molecular flexibility index (Phi) is 4.74. The fourth-order valence-corrected chi connectivity index (χ4v) is 3.96. The molecule has 2 nitrogen and oxygen atoms in total. The van der Waals surface area contributed by atoms with Crippen molar-refractivity contribution in [2.75, 3.05) is 6.54 Å². The van der Waals surface area contributed by atoms with Crippen molar-refractivity contribution in [1.29, 1.82) is 0 Å². The van der Waals surface area contributed by atoms with Crippen LogP contribution in [-0.4, -0.2) is 17.8 Å². The Morgan fingerprint density at radius 1 is 1.10 bits per heavy atom. The first-order chi connectivity index (χ1) is 9.83. The van der Waals surface area contributed by atoms with Crippen LogP contribution in [0.5, 0.6) is 0 Å². The van der Waals surface area contributed by atoms with Gasteiger partial charge in [0.1, 0.15) is 0 Å². The molecular formula is C18H27NO. The molecule has 0 aromatic heterocycles. The molecule has 0 bridgehead atoms.